The van der Waals surface area contributed by atoms with E-state index >= 15 is 0 Å². The van der Waals surface area contributed by atoms with Gasteiger partial charge in [-0.3, -0.25) is 0 Å². The lowest BCUT2D eigenvalue weighted by atomic mass is 10.1. The third-order valence-electron chi connectivity index (χ3n) is 2.36. The molecule has 0 saturated heterocycles. The third kappa shape index (κ3) is 2.67. The molecule has 16 heavy (non-hydrogen) atoms. The highest BCUT2D eigenvalue weighted by Crippen LogP contribution is 2.08. The summed E-state index contributed by atoms with van der Waals surface area (Å²) in [5, 5.41) is 12.4. The summed E-state index contributed by atoms with van der Waals surface area (Å²) in [7, 11) is 0. The molecule has 4 heteroatoms. The highest BCUT2D eigenvalue weighted by Gasteiger charge is 2.05. The number of rotatable bonds is 4. The topological polar surface area (TPSA) is 59.2 Å². The Morgan fingerprint density at radius 1 is 1.31 bits per heavy atom. The van der Waals surface area contributed by atoms with Crippen molar-refractivity contribution in [1.82, 2.24) is 10.1 Å². The Bertz CT molecular complexity index is 466. The minimum Gasteiger partial charge on any atom is -0.388 e. The molecule has 2 rings (SSSR count). The molecule has 1 N–H and O–H groups in total. The zero-order valence-electron chi connectivity index (χ0n) is 9.18. The largest absolute Gasteiger partial charge is 0.388 e. The molecule has 0 radical (unpaired) electrons. The van der Waals surface area contributed by atoms with Gasteiger partial charge in [0.2, 0.25) is 5.89 Å². The van der Waals surface area contributed by atoms with Gasteiger partial charge < -0.3 is 9.63 Å². The number of benzene rings is 1. The van der Waals surface area contributed by atoms with Crippen molar-refractivity contribution in [3.8, 4) is 0 Å². The number of aliphatic hydroxyl groups is 1. The van der Waals surface area contributed by atoms with Gasteiger partial charge in [-0.25, -0.2) is 0 Å². The third-order valence-corrected chi connectivity index (χ3v) is 2.36. The summed E-state index contributed by atoms with van der Waals surface area (Å²) in [5.74, 6) is 0.921. The highest BCUT2D eigenvalue weighted by molar-refractivity contribution is 5.22. The molecule has 4 nitrogen and oxygen atoms in total. The van der Waals surface area contributed by atoms with Crippen molar-refractivity contribution >= 4 is 0 Å². The van der Waals surface area contributed by atoms with Crippen LogP contribution in [-0.4, -0.2) is 15.2 Å². The average molecular weight is 218 g/mol. The molecule has 0 unspecified atom stereocenters. The van der Waals surface area contributed by atoms with Gasteiger partial charge in [0.25, 0.3) is 0 Å². The van der Waals surface area contributed by atoms with Gasteiger partial charge in [0.15, 0.2) is 5.82 Å². The average Bonchev–Trinajstić information content (AvgIpc) is 2.74. The Hall–Kier alpha value is -1.68. The van der Waals surface area contributed by atoms with E-state index in [1.165, 1.54) is 11.1 Å². The van der Waals surface area contributed by atoms with Gasteiger partial charge >= 0.3 is 0 Å². The molecular formula is C12H14N2O2. The van der Waals surface area contributed by atoms with Gasteiger partial charge in [-0.2, -0.15) is 4.98 Å². The van der Waals surface area contributed by atoms with Gasteiger partial charge in [-0.1, -0.05) is 35.0 Å². The van der Waals surface area contributed by atoms with Crippen LogP contribution in [0.5, 0.6) is 0 Å². The summed E-state index contributed by atoms with van der Waals surface area (Å²) in [6.07, 6.45) is 1.57. The van der Waals surface area contributed by atoms with Crippen LogP contribution < -0.4 is 0 Å². The van der Waals surface area contributed by atoms with E-state index in [4.69, 9.17) is 9.63 Å². The summed E-state index contributed by atoms with van der Waals surface area (Å²) in [5.41, 5.74) is 2.50. The zero-order chi connectivity index (χ0) is 11.4. The first-order chi connectivity index (χ1) is 7.78. The fourth-order valence-electron chi connectivity index (χ4n) is 1.57. The lowest BCUT2D eigenvalue weighted by molar-refractivity contribution is 0.262. The van der Waals surface area contributed by atoms with Crippen molar-refractivity contribution in [1.29, 1.82) is 0 Å². The molecule has 0 amide bonds. The minimum atomic E-state index is -0.173. The quantitative estimate of drug-likeness (QED) is 0.847. The van der Waals surface area contributed by atoms with Crippen LogP contribution in [0.3, 0.4) is 0 Å². The number of hydrogen-bond acceptors (Lipinski definition) is 4. The van der Waals surface area contributed by atoms with Crippen LogP contribution >= 0.6 is 0 Å². The summed E-state index contributed by atoms with van der Waals surface area (Å²) < 4.78 is 4.99. The monoisotopic (exact) mass is 218 g/mol. The van der Waals surface area contributed by atoms with Gasteiger partial charge in [-0.05, 0) is 18.9 Å². The molecule has 0 aliphatic heterocycles. The molecule has 84 valence electrons. The Morgan fingerprint density at radius 2 is 2.19 bits per heavy atom. The van der Waals surface area contributed by atoms with E-state index in [1.807, 2.05) is 6.07 Å². The van der Waals surface area contributed by atoms with Crippen molar-refractivity contribution in [2.45, 2.75) is 26.4 Å². The van der Waals surface area contributed by atoms with Crippen LogP contribution in [0, 0.1) is 6.92 Å². The Kier molecular flexibility index (Phi) is 3.31. The predicted octanol–water partition coefficient (Wildman–Crippen LogP) is 1.66. The highest BCUT2D eigenvalue weighted by atomic mass is 16.5. The molecule has 1 aromatic heterocycles. The summed E-state index contributed by atoms with van der Waals surface area (Å²) >= 11 is 0. The van der Waals surface area contributed by atoms with E-state index in [-0.39, 0.29) is 6.61 Å². The molecule has 0 saturated carbocycles. The van der Waals surface area contributed by atoms with Crippen LogP contribution in [0.2, 0.25) is 0 Å². The van der Waals surface area contributed by atoms with Crippen molar-refractivity contribution in [2.24, 2.45) is 0 Å². The first-order valence-corrected chi connectivity index (χ1v) is 5.26. The van der Waals surface area contributed by atoms with E-state index in [0.29, 0.717) is 18.1 Å². The number of aryl methyl sites for hydroxylation is 3. The maximum absolute atomic E-state index is 8.79. The second-order valence-electron chi connectivity index (χ2n) is 3.75. The molecule has 1 aromatic carbocycles. The molecule has 0 fully saturated rings. The molecule has 1 heterocycles. The van der Waals surface area contributed by atoms with E-state index in [1.54, 1.807) is 0 Å². The summed E-state index contributed by atoms with van der Waals surface area (Å²) in [6, 6.07) is 8.33. The van der Waals surface area contributed by atoms with E-state index in [9.17, 15) is 0 Å². The van der Waals surface area contributed by atoms with Gasteiger partial charge in [0.1, 0.15) is 6.61 Å². The van der Waals surface area contributed by atoms with Crippen LogP contribution in [0.1, 0.15) is 22.8 Å². The molecule has 0 spiro atoms. The number of aliphatic hydroxyl groups excluding tert-OH is 1. The number of nitrogens with zero attached hydrogens (tertiary/aromatic N) is 2. The van der Waals surface area contributed by atoms with Crippen molar-refractivity contribution in [3.63, 3.8) is 0 Å². The molecule has 2 aromatic rings. The van der Waals surface area contributed by atoms with E-state index in [0.717, 1.165) is 6.42 Å². The molecule has 0 atom stereocenters. The Balaban J connectivity index is 1.96. The van der Waals surface area contributed by atoms with Crippen LogP contribution in [0.25, 0.3) is 0 Å². The molecule has 0 aliphatic carbocycles. The van der Waals surface area contributed by atoms with Gasteiger partial charge in [0, 0.05) is 6.42 Å². The van der Waals surface area contributed by atoms with E-state index < -0.39 is 0 Å². The first-order valence-electron chi connectivity index (χ1n) is 5.26. The summed E-state index contributed by atoms with van der Waals surface area (Å²) in [6.45, 7) is 1.90. The fraction of sp³-hybridized carbons (Fsp3) is 0.333. The first kappa shape index (κ1) is 10.8. The summed E-state index contributed by atoms with van der Waals surface area (Å²) in [4.78, 5) is 4.04. The zero-order valence-corrected chi connectivity index (χ0v) is 9.18. The second kappa shape index (κ2) is 4.90. The minimum absolute atomic E-state index is 0.173. The van der Waals surface area contributed by atoms with Crippen molar-refractivity contribution in [3.05, 3.63) is 47.1 Å². The van der Waals surface area contributed by atoms with Crippen molar-refractivity contribution < 1.29 is 9.63 Å². The Morgan fingerprint density at radius 3 is 2.88 bits per heavy atom. The van der Waals surface area contributed by atoms with Gasteiger partial charge in [-0.15, -0.1) is 0 Å². The molecule has 0 bridgehead atoms. The standard InChI is InChI=1S/C12H14N2O2/c1-9-3-2-4-10(7-9)5-6-12-13-11(8-15)14-16-12/h2-4,7,15H,5-6,8H2,1H3. The predicted molar refractivity (Wildman–Crippen MR) is 58.8 cm³/mol. The maximum Gasteiger partial charge on any atom is 0.227 e. The second-order valence-corrected chi connectivity index (χ2v) is 3.75. The van der Waals surface area contributed by atoms with Gasteiger partial charge in [0.05, 0.1) is 0 Å². The van der Waals surface area contributed by atoms with E-state index in [2.05, 4.69) is 35.3 Å². The SMILES string of the molecule is Cc1cccc(CCc2nc(CO)no2)c1. The van der Waals surface area contributed by atoms with Crippen LogP contribution in [0.15, 0.2) is 28.8 Å². The number of aromatic nitrogens is 2. The van der Waals surface area contributed by atoms with Crippen molar-refractivity contribution in [2.75, 3.05) is 0 Å². The smallest absolute Gasteiger partial charge is 0.227 e. The van der Waals surface area contributed by atoms with Crippen LogP contribution in [0.4, 0.5) is 0 Å². The van der Waals surface area contributed by atoms with Crippen LogP contribution in [-0.2, 0) is 19.4 Å². The molecule has 0 aliphatic rings. The maximum atomic E-state index is 8.79. The normalized spacial score (nSPS) is 10.6. The molecular weight excluding hydrogens is 204 g/mol. The lowest BCUT2D eigenvalue weighted by Crippen LogP contribution is -1.93. The lowest BCUT2D eigenvalue weighted by Gasteiger charge is -1.99. The Labute approximate surface area is 93.9 Å². The number of hydrogen-bond donors (Lipinski definition) is 1. The fourth-order valence-corrected chi connectivity index (χ4v) is 1.57.